The minimum Gasteiger partial charge on any atom is -0.497 e. The fourth-order valence-corrected chi connectivity index (χ4v) is 5.11. The number of piperazine rings is 1. The predicted octanol–water partition coefficient (Wildman–Crippen LogP) is 6.16. The smallest absolute Gasteiger partial charge is 0.321 e. The maximum absolute atomic E-state index is 13.8. The van der Waals surface area contributed by atoms with Crippen LogP contribution in [-0.4, -0.2) is 66.2 Å². The summed E-state index contributed by atoms with van der Waals surface area (Å²) in [6, 6.07) is 25.3. The van der Waals surface area contributed by atoms with E-state index < -0.39 is 0 Å². The van der Waals surface area contributed by atoms with Crippen molar-refractivity contribution in [3.05, 3.63) is 95.7 Å². The van der Waals surface area contributed by atoms with Gasteiger partial charge >= 0.3 is 6.03 Å². The summed E-state index contributed by atoms with van der Waals surface area (Å²) in [5.41, 5.74) is 6.33. The van der Waals surface area contributed by atoms with Gasteiger partial charge in [-0.15, -0.1) is 0 Å². The Kier molecular flexibility index (Phi) is 8.29. The number of urea groups is 1. The van der Waals surface area contributed by atoms with Crippen molar-refractivity contribution in [2.24, 2.45) is 0 Å². The van der Waals surface area contributed by atoms with Gasteiger partial charge in [0.2, 0.25) is 0 Å². The Morgan fingerprint density at radius 1 is 0.805 bits per heavy atom. The first-order valence-electron chi connectivity index (χ1n) is 13.9. The number of nitrogens with one attached hydrogen (secondary N) is 1. The van der Waals surface area contributed by atoms with Crippen LogP contribution in [0.5, 0.6) is 11.5 Å². The van der Waals surface area contributed by atoms with E-state index in [9.17, 15) is 9.59 Å². The van der Waals surface area contributed by atoms with Crippen LogP contribution in [0.25, 0.3) is 16.9 Å². The third-order valence-electron chi connectivity index (χ3n) is 7.43. The maximum atomic E-state index is 13.8. The molecule has 0 atom stereocenters. The molecule has 0 aliphatic carbocycles. The Balaban J connectivity index is 1.32. The molecule has 0 bridgehead atoms. The molecule has 1 aliphatic rings. The van der Waals surface area contributed by atoms with Gasteiger partial charge in [0, 0.05) is 43.2 Å². The van der Waals surface area contributed by atoms with Crippen molar-refractivity contribution < 1.29 is 19.1 Å². The number of aromatic nitrogens is 1. The summed E-state index contributed by atoms with van der Waals surface area (Å²) in [7, 11) is 1.65. The highest BCUT2D eigenvalue weighted by atomic mass is 16.5. The number of amides is 3. The van der Waals surface area contributed by atoms with E-state index in [1.807, 2.05) is 73.3 Å². The Morgan fingerprint density at radius 3 is 2.02 bits per heavy atom. The molecular weight excluding hydrogens is 516 g/mol. The first-order valence-corrected chi connectivity index (χ1v) is 13.9. The van der Waals surface area contributed by atoms with Gasteiger partial charge in [-0.3, -0.25) is 4.79 Å². The molecule has 8 nitrogen and oxygen atoms in total. The van der Waals surface area contributed by atoms with Crippen LogP contribution in [0.4, 0.5) is 10.5 Å². The third-order valence-corrected chi connectivity index (χ3v) is 7.43. The number of aryl methyl sites for hydroxylation is 1. The van der Waals surface area contributed by atoms with Crippen LogP contribution in [0.3, 0.4) is 0 Å². The van der Waals surface area contributed by atoms with Gasteiger partial charge in [0.05, 0.1) is 25.0 Å². The number of carbonyl (C=O) groups excluding carboxylic acids is 2. The summed E-state index contributed by atoms with van der Waals surface area (Å²) < 4.78 is 12.9. The van der Waals surface area contributed by atoms with Crippen molar-refractivity contribution in [3.8, 4) is 28.4 Å². The Labute approximate surface area is 241 Å². The average molecular weight is 553 g/mol. The normalized spacial score (nSPS) is 13.2. The van der Waals surface area contributed by atoms with Gasteiger partial charge in [0.15, 0.2) is 0 Å². The molecule has 2 heterocycles. The van der Waals surface area contributed by atoms with Gasteiger partial charge in [0.25, 0.3) is 5.91 Å². The van der Waals surface area contributed by atoms with Crippen LogP contribution in [0, 0.1) is 13.8 Å². The number of hydrogen-bond acceptors (Lipinski definition) is 4. The molecule has 5 rings (SSSR count). The van der Waals surface area contributed by atoms with Gasteiger partial charge in [-0.2, -0.15) is 0 Å². The number of nitrogens with zero attached hydrogens (tertiary/aromatic N) is 3. The lowest BCUT2D eigenvalue weighted by molar-refractivity contribution is 0.0671. The molecule has 1 aromatic heterocycles. The summed E-state index contributed by atoms with van der Waals surface area (Å²) in [5, 5.41) is 2.94. The monoisotopic (exact) mass is 552 g/mol. The van der Waals surface area contributed by atoms with Gasteiger partial charge in [0.1, 0.15) is 11.5 Å². The molecule has 0 saturated carbocycles. The summed E-state index contributed by atoms with van der Waals surface area (Å²) in [6.07, 6.45) is 0. The molecule has 1 aliphatic heterocycles. The minimum atomic E-state index is -0.176. The number of carbonyl (C=O) groups is 2. The van der Waals surface area contributed by atoms with Crippen molar-refractivity contribution in [2.45, 2.75) is 20.8 Å². The van der Waals surface area contributed by atoms with Crippen LogP contribution in [0.1, 0.15) is 28.5 Å². The molecule has 0 radical (unpaired) electrons. The fraction of sp³-hybridized carbons (Fsp3) is 0.273. The number of methoxy groups -OCH3 is 1. The van der Waals surface area contributed by atoms with Gasteiger partial charge in [-0.25, -0.2) is 4.79 Å². The zero-order valence-corrected chi connectivity index (χ0v) is 24.0. The standard InChI is InChI=1S/C33H36N4O4/c1-5-41-29-16-10-26(11-17-29)34-33(39)36-20-18-35(19-21-36)32(38)30-22-31(25-8-14-28(40-4)15-9-25)37(24(30)3)27-12-6-23(2)7-13-27/h6-17,22H,5,18-21H2,1-4H3,(H,34,39). The molecule has 1 fully saturated rings. The Hall–Kier alpha value is -4.72. The maximum Gasteiger partial charge on any atom is 0.321 e. The van der Waals surface area contributed by atoms with E-state index in [-0.39, 0.29) is 11.9 Å². The van der Waals surface area contributed by atoms with Crippen LogP contribution in [-0.2, 0) is 0 Å². The zero-order valence-electron chi connectivity index (χ0n) is 24.0. The van der Waals surface area contributed by atoms with Gasteiger partial charge in [-0.1, -0.05) is 17.7 Å². The highest BCUT2D eigenvalue weighted by Crippen LogP contribution is 2.32. The van der Waals surface area contributed by atoms with E-state index in [2.05, 4.69) is 41.1 Å². The lowest BCUT2D eigenvalue weighted by Gasteiger charge is -2.34. The van der Waals surface area contributed by atoms with Gasteiger partial charge in [-0.05, 0) is 93.1 Å². The second-order valence-corrected chi connectivity index (χ2v) is 10.1. The molecular formula is C33H36N4O4. The second-order valence-electron chi connectivity index (χ2n) is 10.1. The summed E-state index contributed by atoms with van der Waals surface area (Å²) in [4.78, 5) is 30.3. The lowest BCUT2D eigenvalue weighted by atomic mass is 10.1. The molecule has 1 N–H and O–H groups in total. The lowest BCUT2D eigenvalue weighted by Crippen LogP contribution is -2.51. The molecule has 4 aromatic rings. The SMILES string of the molecule is CCOc1ccc(NC(=O)N2CCN(C(=O)c3cc(-c4ccc(OC)cc4)n(-c4ccc(C)cc4)c3C)CC2)cc1. The highest BCUT2D eigenvalue weighted by molar-refractivity contribution is 5.97. The molecule has 212 valence electrons. The number of rotatable bonds is 7. The topological polar surface area (TPSA) is 76.0 Å². The van der Waals surface area contributed by atoms with Crippen molar-refractivity contribution in [1.82, 2.24) is 14.4 Å². The molecule has 41 heavy (non-hydrogen) atoms. The summed E-state index contributed by atoms with van der Waals surface area (Å²) in [5.74, 6) is 1.51. The Bertz CT molecular complexity index is 1500. The third kappa shape index (κ3) is 6.06. The molecule has 0 spiro atoms. The van der Waals surface area contributed by atoms with Gasteiger partial charge < -0.3 is 29.2 Å². The molecule has 1 saturated heterocycles. The first kappa shape index (κ1) is 27.8. The highest BCUT2D eigenvalue weighted by Gasteiger charge is 2.28. The number of hydrogen-bond donors (Lipinski definition) is 1. The zero-order chi connectivity index (χ0) is 28.9. The van der Waals surface area contributed by atoms with E-state index in [4.69, 9.17) is 9.47 Å². The van der Waals surface area contributed by atoms with Crippen molar-refractivity contribution in [1.29, 1.82) is 0 Å². The largest absolute Gasteiger partial charge is 0.497 e. The molecule has 3 amide bonds. The molecule has 3 aromatic carbocycles. The number of anilines is 1. The minimum absolute atomic E-state index is 0.0327. The van der Waals surface area contributed by atoms with E-state index in [1.54, 1.807) is 12.0 Å². The van der Waals surface area contributed by atoms with Crippen LogP contribution >= 0.6 is 0 Å². The van der Waals surface area contributed by atoms with Crippen LogP contribution < -0.4 is 14.8 Å². The average Bonchev–Trinajstić information content (AvgIpc) is 3.35. The van der Waals surface area contributed by atoms with Crippen molar-refractivity contribution in [2.75, 3.05) is 45.2 Å². The fourth-order valence-electron chi connectivity index (χ4n) is 5.11. The van der Waals surface area contributed by atoms with Crippen molar-refractivity contribution >= 4 is 17.6 Å². The van der Waals surface area contributed by atoms with Crippen molar-refractivity contribution in [3.63, 3.8) is 0 Å². The summed E-state index contributed by atoms with van der Waals surface area (Å²) >= 11 is 0. The van der Waals surface area contributed by atoms with Crippen LogP contribution in [0.15, 0.2) is 78.9 Å². The first-order chi connectivity index (χ1) is 19.9. The van der Waals surface area contributed by atoms with Crippen LogP contribution in [0.2, 0.25) is 0 Å². The number of ether oxygens (including phenoxy) is 2. The molecule has 8 heteroatoms. The summed E-state index contributed by atoms with van der Waals surface area (Å²) in [6.45, 7) is 8.40. The van der Waals surface area contributed by atoms with E-state index >= 15 is 0 Å². The van der Waals surface area contributed by atoms with E-state index in [1.165, 1.54) is 5.56 Å². The van der Waals surface area contributed by atoms with E-state index in [0.717, 1.165) is 34.1 Å². The Morgan fingerprint density at radius 2 is 1.41 bits per heavy atom. The quantitative estimate of drug-likeness (QED) is 0.298. The predicted molar refractivity (Wildman–Crippen MR) is 161 cm³/mol. The van der Waals surface area contributed by atoms with E-state index in [0.29, 0.717) is 44.0 Å². The second kappa shape index (κ2) is 12.2. The molecule has 0 unspecified atom stereocenters. The number of benzene rings is 3.